The van der Waals surface area contributed by atoms with Crippen molar-refractivity contribution in [3.63, 3.8) is 0 Å². The van der Waals surface area contributed by atoms with Crippen molar-refractivity contribution >= 4 is 38.4 Å². The molecular weight excluding hydrogens is 366 g/mol. The molecule has 2 aliphatic carbocycles. The van der Waals surface area contributed by atoms with Gasteiger partial charge in [0.15, 0.2) is 0 Å². The molecule has 0 aliphatic heterocycles. The Morgan fingerprint density at radius 2 is 1.83 bits per heavy atom. The summed E-state index contributed by atoms with van der Waals surface area (Å²) in [4.78, 5) is 5.12. The number of allylic oxidation sites excluding steroid dienone is 4. The second-order valence-electron chi connectivity index (χ2n) is 8.38. The van der Waals surface area contributed by atoms with E-state index in [9.17, 15) is 0 Å². The Morgan fingerprint density at radius 1 is 0.867 bits per heavy atom. The lowest BCUT2D eigenvalue weighted by molar-refractivity contribution is 0.861. The van der Waals surface area contributed by atoms with E-state index >= 15 is 0 Å². The third-order valence-electron chi connectivity index (χ3n) is 6.79. The standard InChI is InChI=1S/C27H21N3/c1-2-7-18(8-3-1)30-25-15-14-24-26(23(25)16-28-30)22-13-12-20-19-9-5-4-6-17(19)10-11-21(20)27(22)29-24/h1-2,4-7,9,12-16,28H,3,8,10-11H2. The Hall–Kier alpha value is -3.59. The van der Waals surface area contributed by atoms with Crippen LogP contribution in [0, 0.1) is 0 Å². The number of nitrogens with zero attached hydrogens (tertiary/aromatic N) is 2. The molecule has 30 heavy (non-hydrogen) atoms. The van der Waals surface area contributed by atoms with Gasteiger partial charge in [0.2, 0.25) is 0 Å². The minimum atomic E-state index is 1.06. The maximum Gasteiger partial charge on any atom is 0.0754 e. The van der Waals surface area contributed by atoms with Crippen LogP contribution in [0.2, 0.25) is 0 Å². The summed E-state index contributed by atoms with van der Waals surface area (Å²) in [6, 6.07) is 17.8. The quantitative estimate of drug-likeness (QED) is 0.344. The number of benzene rings is 3. The zero-order chi connectivity index (χ0) is 19.7. The molecule has 1 N–H and O–H groups in total. The second kappa shape index (κ2) is 5.96. The molecule has 0 atom stereocenters. The fourth-order valence-electron chi connectivity index (χ4n) is 5.38. The smallest absolute Gasteiger partial charge is 0.0754 e. The van der Waals surface area contributed by atoms with E-state index in [0.717, 1.165) is 31.2 Å². The van der Waals surface area contributed by atoms with Gasteiger partial charge in [0.25, 0.3) is 0 Å². The number of nitrogens with one attached hydrogen (secondary N) is 1. The molecule has 0 saturated carbocycles. The highest BCUT2D eigenvalue weighted by atomic mass is 15.3. The van der Waals surface area contributed by atoms with Crippen LogP contribution < -0.4 is 0 Å². The van der Waals surface area contributed by atoms with Crippen LogP contribution in [0.3, 0.4) is 0 Å². The van der Waals surface area contributed by atoms with E-state index < -0.39 is 0 Å². The van der Waals surface area contributed by atoms with Gasteiger partial charge in [0.1, 0.15) is 0 Å². The summed E-state index contributed by atoms with van der Waals surface area (Å²) < 4.78 is 2.23. The monoisotopic (exact) mass is 387 g/mol. The van der Waals surface area contributed by atoms with Crippen LogP contribution in [0.1, 0.15) is 24.0 Å². The molecule has 3 nitrogen and oxygen atoms in total. The highest BCUT2D eigenvalue weighted by molar-refractivity contribution is 6.21. The molecule has 3 heteroatoms. The Labute approximate surface area is 174 Å². The molecule has 2 heterocycles. The third-order valence-corrected chi connectivity index (χ3v) is 6.79. The van der Waals surface area contributed by atoms with E-state index in [0.29, 0.717) is 0 Å². The Kier molecular flexibility index (Phi) is 3.22. The highest BCUT2D eigenvalue weighted by Gasteiger charge is 2.21. The van der Waals surface area contributed by atoms with Crippen molar-refractivity contribution in [2.24, 2.45) is 0 Å². The number of hydrogen-bond acceptors (Lipinski definition) is 1. The van der Waals surface area contributed by atoms with Gasteiger partial charge in [0.05, 0.1) is 16.6 Å². The molecule has 2 aliphatic rings. The third kappa shape index (κ3) is 2.12. The summed E-state index contributed by atoms with van der Waals surface area (Å²) in [7, 11) is 0. The van der Waals surface area contributed by atoms with Gasteiger partial charge in [-0.1, -0.05) is 48.6 Å². The summed E-state index contributed by atoms with van der Waals surface area (Å²) >= 11 is 0. The number of rotatable bonds is 1. The second-order valence-corrected chi connectivity index (χ2v) is 8.38. The maximum atomic E-state index is 5.12. The first-order valence-electron chi connectivity index (χ1n) is 10.8. The van der Waals surface area contributed by atoms with Gasteiger partial charge in [-0.05, 0) is 66.1 Å². The van der Waals surface area contributed by atoms with Crippen molar-refractivity contribution in [2.75, 3.05) is 0 Å². The van der Waals surface area contributed by atoms with E-state index in [1.54, 1.807) is 0 Å². The van der Waals surface area contributed by atoms with Crippen LogP contribution in [0.4, 0.5) is 0 Å². The van der Waals surface area contributed by atoms with Crippen LogP contribution in [-0.4, -0.2) is 14.8 Å². The van der Waals surface area contributed by atoms with Crippen LogP contribution in [0.25, 0.3) is 49.5 Å². The van der Waals surface area contributed by atoms with Gasteiger partial charge >= 0.3 is 0 Å². The van der Waals surface area contributed by atoms with Crippen LogP contribution in [-0.2, 0) is 12.8 Å². The minimum absolute atomic E-state index is 1.06. The first-order valence-corrected chi connectivity index (χ1v) is 10.8. The number of H-pyrrole nitrogens is 1. The Bertz CT molecular complexity index is 1540. The lowest BCUT2D eigenvalue weighted by Gasteiger charge is -2.20. The first kappa shape index (κ1) is 16.2. The first-order chi connectivity index (χ1) is 14.9. The summed E-state index contributed by atoms with van der Waals surface area (Å²) in [5, 5.41) is 7.29. The number of aromatic nitrogens is 3. The van der Waals surface area contributed by atoms with Crippen molar-refractivity contribution in [3.05, 3.63) is 84.1 Å². The molecule has 0 saturated heterocycles. The van der Waals surface area contributed by atoms with Gasteiger partial charge in [-0.15, -0.1) is 0 Å². The topological polar surface area (TPSA) is 33.6 Å². The Balaban J connectivity index is 1.51. The van der Waals surface area contributed by atoms with Crippen molar-refractivity contribution in [2.45, 2.75) is 25.7 Å². The molecule has 0 amide bonds. The number of hydrogen-bond donors (Lipinski definition) is 1. The van der Waals surface area contributed by atoms with Crippen molar-refractivity contribution in [3.8, 4) is 11.1 Å². The lowest BCUT2D eigenvalue weighted by atomic mass is 9.84. The molecule has 0 fully saturated rings. The molecule has 144 valence electrons. The number of aromatic amines is 1. The van der Waals surface area contributed by atoms with Crippen LogP contribution >= 0.6 is 0 Å². The van der Waals surface area contributed by atoms with Gasteiger partial charge in [0, 0.05) is 28.1 Å². The molecule has 7 rings (SSSR count). The summed E-state index contributed by atoms with van der Waals surface area (Å²) in [6.45, 7) is 0. The van der Waals surface area contributed by atoms with Crippen molar-refractivity contribution in [1.82, 2.24) is 14.8 Å². The molecular formula is C27H21N3. The zero-order valence-corrected chi connectivity index (χ0v) is 16.7. The highest BCUT2D eigenvalue weighted by Crippen LogP contribution is 2.41. The largest absolute Gasteiger partial charge is 0.301 e. The van der Waals surface area contributed by atoms with Crippen LogP contribution in [0.15, 0.2) is 73.0 Å². The average molecular weight is 387 g/mol. The van der Waals surface area contributed by atoms with Crippen molar-refractivity contribution in [1.29, 1.82) is 0 Å². The predicted molar refractivity (Wildman–Crippen MR) is 125 cm³/mol. The van der Waals surface area contributed by atoms with Crippen LogP contribution in [0.5, 0.6) is 0 Å². The minimum Gasteiger partial charge on any atom is -0.301 e. The molecule has 2 aromatic heterocycles. The summed E-state index contributed by atoms with van der Waals surface area (Å²) in [5.41, 5.74) is 10.4. The van der Waals surface area contributed by atoms with E-state index in [1.807, 2.05) is 0 Å². The van der Waals surface area contributed by atoms with E-state index in [1.165, 1.54) is 55.1 Å². The van der Waals surface area contributed by atoms with E-state index in [-0.39, 0.29) is 0 Å². The summed E-state index contributed by atoms with van der Waals surface area (Å²) in [5.74, 6) is 0. The fourth-order valence-corrected chi connectivity index (χ4v) is 5.38. The molecule has 0 spiro atoms. The number of fused-ring (bicyclic) bond motifs is 9. The lowest BCUT2D eigenvalue weighted by Crippen LogP contribution is -2.04. The normalized spacial score (nSPS) is 15.5. The molecule has 3 aromatic carbocycles. The fraction of sp³-hybridized carbons (Fsp3) is 0.148. The van der Waals surface area contributed by atoms with E-state index in [4.69, 9.17) is 4.98 Å². The molecule has 0 unspecified atom stereocenters. The molecule has 0 radical (unpaired) electrons. The summed E-state index contributed by atoms with van der Waals surface area (Å²) in [6.07, 6.45) is 13.0. The average Bonchev–Trinajstić information content (AvgIpc) is 3.40. The zero-order valence-electron chi connectivity index (χ0n) is 16.7. The van der Waals surface area contributed by atoms with E-state index in [2.05, 4.69) is 82.7 Å². The van der Waals surface area contributed by atoms with Gasteiger partial charge in [-0.2, -0.15) is 0 Å². The molecule has 5 aromatic rings. The predicted octanol–water partition coefficient (Wildman–Crippen LogP) is 6.63. The molecule has 0 bridgehead atoms. The Morgan fingerprint density at radius 3 is 2.77 bits per heavy atom. The van der Waals surface area contributed by atoms with Crippen molar-refractivity contribution < 1.29 is 0 Å². The van der Waals surface area contributed by atoms with Gasteiger partial charge in [-0.25, -0.2) is 4.98 Å². The van der Waals surface area contributed by atoms with Gasteiger partial charge < -0.3 is 5.10 Å². The SMILES string of the molecule is C1=CCCC(n2[nH]cc3c4c(ccc32)nc2c3c(ccc24)-c2ccccc2CC3)=C1. The maximum absolute atomic E-state index is 5.12. The number of aryl methyl sites for hydroxylation is 2. The van der Waals surface area contributed by atoms with Gasteiger partial charge in [-0.3, -0.25) is 4.68 Å².